The van der Waals surface area contributed by atoms with Crippen molar-refractivity contribution in [2.24, 2.45) is 0 Å². The number of nitrogens with one attached hydrogen (secondary N) is 2. The van der Waals surface area contributed by atoms with Gasteiger partial charge in [0.2, 0.25) is 5.91 Å². The van der Waals surface area contributed by atoms with Gasteiger partial charge in [0.15, 0.2) is 0 Å². The van der Waals surface area contributed by atoms with Crippen molar-refractivity contribution in [2.45, 2.75) is 59.4 Å². The molecule has 1 aliphatic rings. The van der Waals surface area contributed by atoms with Crippen LogP contribution in [0.5, 0.6) is 0 Å². The van der Waals surface area contributed by atoms with Crippen molar-refractivity contribution in [1.29, 1.82) is 0 Å². The van der Waals surface area contributed by atoms with E-state index in [1.165, 1.54) is 42.4 Å². The van der Waals surface area contributed by atoms with E-state index in [2.05, 4.69) is 55.0 Å². The first-order valence-electron chi connectivity index (χ1n) is 9.58. The number of likely N-dealkylation sites (tertiary alicyclic amines) is 1. The van der Waals surface area contributed by atoms with E-state index in [9.17, 15) is 4.79 Å². The van der Waals surface area contributed by atoms with E-state index < -0.39 is 0 Å². The zero-order chi connectivity index (χ0) is 18.0. The third kappa shape index (κ3) is 4.06. The van der Waals surface area contributed by atoms with Crippen LogP contribution >= 0.6 is 0 Å². The standard InChI is InChI=1S/C21H31N3O/c1-5-17(13-24-8-6-7-9-24)23-20(25)12-18-16(4)22-19-11-14(2)10-15(3)21(18)19/h10-11,17,22H,5-9,12-13H2,1-4H3,(H,23,25)/t17-/m0/s1. The third-order valence-corrected chi connectivity index (χ3v) is 5.43. The van der Waals surface area contributed by atoms with E-state index in [4.69, 9.17) is 0 Å². The zero-order valence-corrected chi connectivity index (χ0v) is 16.0. The number of carbonyl (C=O) groups excluding carboxylic acids is 1. The Kier molecular flexibility index (Phi) is 5.48. The predicted molar refractivity (Wildman–Crippen MR) is 104 cm³/mol. The number of aromatic amines is 1. The second-order valence-electron chi connectivity index (χ2n) is 7.59. The summed E-state index contributed by atoms with van der Waals surface area (Å²) < 4.78 is 0. The largest absolute Gasteiger partial charge is 0.358 e. The number of aromatic nitrogens is 1. The minimum atomic E-state index is 0.134. The minimum absolute atomic E-state index is 0.134. The Labute approximate surface area is 151 Å². The van der Waals surface area contributed by atoms with Gasteiger partial charge >= 0.3 is 0 Å². The van der Waals surface area contributed by atoms with Crippen molar-refractivity contribution < 1.29 is 4.79 Å². The summed E-state index contributed by atoms with van der Waals surface area (Å²) in [4.78, 5) is 18.6. The smallest absolute Gasteiger partial charge is 0.224 e. The molecule has 1 atom stereocenters. The van der Waals surface area contributed by atoms with Gasteiger partial charge in [-0.3, -0.25) is 4.79 Å². The van der Waals surface area contributed by atoms with Crippen LogP contribution in [-0.4, -0.2) is 41.5 Å². The minimum Gasteiger partial charge on any atom is -0.358 e. The number of benzene rings is 1. The molecular formula is C21H31N3O. The molecule has 0 radical (unpaired) electrons. The first-order chi connectivity index (χ1) is 12.0. The molecule has 4 nitrogen and oxygen atoms in total. The molecule has 4 heteroatoms. The Hall–Kier alpha value is -1.81. The van der Waals surface area contributed by atoms with Crippen molar-refractivity contribution in [2.75, 3.05) is 19.6 Å². The van der Waals surface area contributed by atoms with Crippen LogP contribution in [0, 0.1) is 20.8 Å². The number of hydrogen-bond donors (Lipinski definition) is 2. The van der Waals surface area contributed by atoms with E-state index in [1.54, 1.807) is 0 Å². The van der Waals surface area contributed by atoms with Gasteiger partial charge in [-0.05, 0) is 75.9 Å². The predicted octanol–water partition coefficient (Wildman–Crippen LogP) is 3.63. The van der Waals surface area contributed by atoms with E-state index >= 15 is 0 Å². The zero-order valence-electron chi connectivity index (χ0n) is 16.0. The van der Waals surface area contributed by atoms with Gasteiger partial charge in [-0.1, -0.05) is 13.0 Å². The Balaban J connectivity index is 1.72. The van der Waals surface area contributed by atoms with Crippen LogP contribution in [0.15, 0.2) is 12.1 Å². The fraction of sp³-hybridized carbons (Fsp3) is 0.571. The molecule has 0 saturated carbocycles. The van der Waals surface area contributed by atoms with Gasteiger partial charge in [0.25, 0.3) is 0 Å². The van der Waals surface area contributed by atoms with Crippen molar-refractivity contribution in [3.8, 4) is 0 Å². The maximum Gasteiger partial charge on any atom is 0.224 e. The lowest BCUT2D eigenvalue weighted by molar-refractivity contribution is -0.121. The normalized spacial score (nSPS) is 16.5. The van der Waals surface area contributed by atoms with Crippen LogP contribution < -0.4 is 5.32 Å². The van der Waals surface area contributed by atoms with Gasteiger partial charge in [0, 0.05) is 29.2 Å². The summed E-state index contributed by atoms with van der Waals surface area (Å²) in [6, 6.07) is 4.61. The average Bonchev–Trinajstić information content (AvgIpc) is 3.15. The molecule has 1 aromatic heterocycles. The van der Waals surface area contributed by atoms with Gasteiger partial charge in [-0.15, -0.1) is 0 Å². The number of amides is 1. The number of aryl methyl sites for hydroxylation is 3. The topological polar surface area (TPSA) is 48.1 Å². The van der Waals surface area contributed by atoms with Crippen molar-refractivity contribution >= 4 is 16.8 Å². The molecular weight excluding hydrogens is 310 g/mol. The maximum atomic E-state index is 12.7. The van der Waals surface area contributed by atoms with Crippen molar-refractivity contribution in [3.63, 3.8) is 0 Å². The number of fused-ring (bicyclic) bond motifs is 1. The number of rotatable bonds is 6. The fourth-order valence-electron chi connectivity index (χ4n) is 4.15. The van der Waals surface area contributed by atoms with E-state index in [0.29, 0.717) is 6.42 Å². The molecule has 2 aromatic rings. The second-order valence-corrected chi connectivity index (χ2v) is 7.59. The molecule has 1 saturated heterocycles. The van der Waals surface area contributed by atoms with Crippen LogP contribution in [0.1, 0.15) is 48.6 Å². The Bertz CT molecular complexity index is 756. The van der Waals surface area contributed by atoms with Crippen LogP contribution in [-0.2, 0) is 11.2 Å². The molecule has 0 unspecified atom stereocenters. The second kappa shape index (κ2) is 7.61. The van der Waals surface area contributed by atoms with Gasteiger partial charge < -0.3 is 15.2 Å². The number of H-pyrrole nitrogens is 1. The molecule has 0 bridgehead atoms. The number of carbonyl (C=O) groups is 1. The SMILES string of the molecule is CC[C@@H](CN1CCCC1)NC(=O)Cc1c(C)[nH]c2cc(C)cc(C)c12. The Morgan fingerprint density at radius 2 is 1.96 bits per heavy atom. The molecule has 2 N–H and O–H groups in total. The molecule has 1 amide bonds. The first kappa shape index (κ1) is 18.0. The average molecular weight is 341 g/mol. The van der Waals surface area contributed by atoms with E-state index in [1.807, 2.05) is 0 Å². The molecule has 25 heavy (non-hydrogen) atoms. The molecule has 1 aliphatic heterocycles. The van der Waals surface area contributed by atoms with Crippen molar-refractivity contribution in [3.05, 3.63) is 34.5 Å². The lowest BCUT2D eigenvalue weighted by atomic mass is 10.0. The number of nitrogens with zero attached hydrogens (tertiary/aromatic N) is 1. The lowest BCUT2D eigenvalue weighted by Crippen LogP contribution is -2.43. The highest BCUT2D eigenvalue weighted by atomic mass is 16.1. The van der Waals surface area contributed by atoms with E-state index in [0.717, 1.165) is 29.7 Å². The van der Waals surface area contributed by atoms with Gasteiger partial charge in [-0.2, -0.15) is 0 Å². The molecule has 1 fully saturated rings. The number of hydrogen-bond acceptors (Lipinski definition) is 2. The third-order valence-electron chi connectivity index (χ3n) is 5.43. The summed E-state index contributed by atoms with van der Waals surface area (Å²) >= 11 is 0. The summed E-state index contributed by atoms with van der Waals surface area (Å²) in [7, 11) is 0. The van der Waals surface area contributed by atoms with Gasteiger partial charge in [-0.25, -0.2) is 0 Å². The molecule has 1 aromatic carbocycles. The van der Waals surface area contributed by atoms with Crippen LogP contribution in [0.4, 0.5) is 0 Å². The summed E-state index contributed by atoms with van der Waals surface area (Å²) in [6.45, 7) is 11.8. The summed E-state index contributed by atoms with van der Waals surface area (Å²) in [5, 5.41) is 4.47. The van der Waals surface area contributed by atoms with Crippen molar-refractivity contribution in [1.82, 2.24) is 15.2 Å². The molecule has 136 valence electrons. The van der Waals surface area contributed by atoms with Crippen LogP contribution in [0.3, 0.4) is 0 Å². The summed E-state index contributed by atoms with van der Waals surface area (Å²) in [5.74, 6) is 0.134. The highest BCUT2D eigenvalue weighted by Crippen LogP contribution is 2.27. The molecule has 0 aliphatic carbocycles. The summed E-state index contributed by atoms with van der Waals surface area (Å²) in [5.41, 5.74) is 5.87. The summed E-state index contributed by atoms with van der Waals surface area (Å²) in [6.07, 6.45) is 4.01. The molecule has 3 rings (SSSR count). The van der Waals surface area contributed by atoms with Crippen LogP contribution in [0.2, 0.25) is 0 Å². The van der Waals surface area contributed by atoms with Crippen LogP contribution in [0.25, 0.3) is 10.9 Å². The molecule has 2 heterocycles. The maximum absolute atomic E-state index is 12.7. The molecule has 0 spiro atoms. The van der Waals surface area contributed by atoms with Gasteiger partial charge in [0.05, 0.1) is 6.42 Å². The Morgan fingerprint density at radius 1 is 1.24 bits per heavy atom. The Morgan fingerprint density at radius 3 is 2.64 bits per heavy atom. The highest BCUT2D eigenvalue weighted by Gasteiger charge is 2.20. The van der Waals surface area contributed by atoms with Gasteiger partial charge in [0.1, 0.15) is 0 Å². The first-order valence-corrected chi connectivity index (χ1v) is 9.58. The van der Waals surface area contributed by atoms with E-state index in [-0.39, 0.29) is 11.9 Å². The quantitative estimate of drug-likeness (QED) is 0.843. The highest BCUT2D eigenvalue weighted by molar-refractivity contribution is 5.92. The monoisotopic (exact) mass is 341 g/mol. The lowest BCUT2D eigenvalue weighted by Gasteiger charge is -2.23. The fourth-order valence-corrected chi connectivity index (χ4v) is 4.15.